The van der Waals surface area contributed by atoms with Crippen molar-refractivity contribution in [2.24, 2.45) is 0 Å². The molecule has 0 aliphatic carbocycles. The fourth-order valence-electron chi connectivity index (χ4n) is 3.50. The van der Waals surface area contributed by atoms with Crippen LogP contribution >= 0.6 is 46.1 Å². The average molecular weight is 448 g/mol. The van der Waals surface area contributed by atoms with Crippen LogP contribution in [0.2, 0.25) is 15.1 Å². The lowest BCUT2D eigenvalue weighted by Crippen LogP contribution is -2.52. The number of hydrogen-bond acceptors (Lipinski definition) is 4. The predicted molar refractivity (Wildman–Crippen MR) is 108 cm³/mol. The van der Waals surface area contributed by atoms with Crippen molar-refractivity contribution in [2.45, 2.75) is 18.9 Å². The van der Waals surface area contributed by atoms with E-state index in [0.717, 1.165) is 17.5 Å². The number of hydrogen-bond donors (Lipinski definition) is 0. The van der Waals surface area contributed by atoms with Gasteiger partial charge in [0.25, 0.3) is 11.8 Å². The van der Waals surface area contributed by atoms with E-state index in [1.54, 1.807) is 21.9 Å². The van der Waals surface area contributed by atoms with Gasteiger partial charge in [-0.2, -0.15) is 0 Å². The lowest BCUT2D eigenvalue weighted by atomic mass is 10.2. The van der Waals surface area contributed by atoms with Crippen molar-refractivity contribution >= 4 is 68.0 Å². The molecule has 2 saturated heterocycles. The molecule has 1 aromatic heterocycles. The van der Waals surface area contributed by atoms with E-state index in [0.29, 0.717) is 58.1 Å². The van der Waals surface area contributed by atoms with Gasteiger partial charge in [0.05, 0.1) is 10.0 Å². The number of fused-ring (bicyclic) bond motifs is 1. The van der Waals surface area contributed by atoms with Crippen LogP contribution in [0.15, 0.2) is 12.1 Å². The molecule has 1 aromatic carbocycles. The van der Waals surface area contributed by atoms with Crippen LogP contribution in [-0.4, -0.2) is 60.5 Å². The molecule has 2 aromatic rings. The highest BCUT2D eigenvalue weighted by molar-refractivity contribution is 7.21. The van der Waals surface area contributed by atoms with Crippen LogP contribution in [0.3, 0.4) is 0 Å². The third kappa shape index (κ3) is 3.66. The maximum atomic E-state index is 13.0. The number of halogens is 3. The smallest absolute Gasteiger partial charge is 0.265 e. The van der Waals surface area contributed by atoms with Crippen LogP contribution in [-0.2, 0) is 9.53 Å². The highest BCUT2D eigenvalue weighted by Crippen LogP contribution is 2.41. The van der Waals surface area contributed by atoms with Gasteiger partial charge in [0.15, 0.2) is 0 Å². The Morgan fingerprint density at radius 1 is 1.07 bits per heavy atom. The molecule has 3 heterocycles. The van der Waals surface area contributed by atoms with Gasteiger partial charge in [-0.1, -0.05) is 34.8 Å². The number of carbonyl (C=O) groups excluding carboxylic acids is 2. The topological polar surface area (TPSA) is 49.9 Å². The summed E-state index contributed by atoms with van der Waals surface area (Å²) in [4.78, 5) is 29.4. The Bertz CT molecular complexity index is 903. The first-order chi connectivity index (χ1) is 13.0. The third-order valence-corrected chi connectivity index (χ3v) is 7.06. The van der Waals surface area contributed by atoms with Gasteiger partial charge in [-0.15, -0.1) is 11.3 Å². The molecule has 2 fully saturated rings. The number of thiophene rings is 1. The molecule has 2 aliphatic rings. The van der Waals surface area contributed by atoms with Crippen LogP contribution in [0.1, 0.15) is 22.5 Å². The second-order valence-corrected chi connectivity index (χ2v) is 8.90. The molecule has 1 atom stereocenters. The van der Waals surface area contributed by atoms with E-state index in [1.165, 1.54) is 11.3 Å². The van der Waals surface area contributed by atoms with E-state index < -0.39 is 0 Å². The first-order valence-corrected chi connectivity index (χ1v) is 10.7. The Morgan fingerprint density at radius 3 is 2.44 bits per heavy atom. The largest absolute Gasteiger partial charge is 0.368 e. The normalized spacial score (nSPS) is 20.5. The van der Waals surface area contributed by atoms with Gasteiger partial charge >= 0.3 is 0 Å². The summed E-state index contributed by atoms with van der Waals surface area (Å²) < 4.78 is 6.26. The Hall–Kier alpha value is -1.05. The van der Waals surface area contributed by atoms with E-state index in [4.69, 9.17) is 39.5 Å². The molecule has 0 saturated carbocycles. The van der Waals surface area contributed by atoms with E-state index in [-0.39, 0.29) is 17.9 Å². The van der Waals surface area contributed by atoms with Crippen molar-refractivity contribution in [3.8, 4) is 0 Å². The van der Waals surface area contributed by atoms with Gasteiger partial charge in [-0.25, -0.2) is 0 Å². The van der Waals surface area contributed by atoms with Gasteiger partial charge in [-0.05, 0) is 25.0 Å². The van der Waals surface area contributed by atoms with E-state index in [1.807, 2.05) is 0 Å². The summed E-state index contributed by atoms with van der Waals surface area (Å²) in [6.07, 6.45) is 1.38. The van der Waals surface area contributed by atoms with E-state index in [9.17, 15) is 9.59 Å². The zero-order valence-corrected chi connectivity index (χ0v) is 17.4. The second kappa shape index (κ2) is 7.76. The molecule has 2 amide bonds. The zero-order valence-electron chi connectivity index (χ0n) is 14.3. The number of ether oxygens (including phenoxy) is 1. The minimum atomic E-state index is -0.323. The number of rotatable bonds is 2. The second-order valence-electron chi connectivity index (χ2n) is 6.63. The highest BCUT2D eigenvalue weighted by atomic mass is 35.5. The van der Waals surface area contributed by atoms with Crippen LogP contribution in [0.5, 0.6) is 0 Å². The standard InChI is InChI=1S/C18H17Cl3N2O3S/c19-10-8-11(20)14-13(9-10)27-16(15(14)21)18(25)23-5-3-22(4-6-23)17(24)12-2-1-7-26-12/h8-9,12H,1-7H2. The van der Waals surface area contributed by atoms with Crippen molar-refractivity contribution in [2.75, 3.05) is 32.8 Å². The summed E-state index contributed by atoms with van der Waals surface area (Å²) in [6, 6.07) is 3.38. The molecule has 1 unspecified atom stereocenters. The Balaban J connectivity index is 1.48. The molecule has 5 nitrogen and oxygen atoms in total. The maximum Gasteiger partial charge on any atom is 0.265 e. The van der Waals surface area contributed by atoms with E-state index >= 15 is 0 Å². The van der Waals surface area contributed by atoms with Crippen molar-refractivity contribution in [1.82, 2.24) is 9.80 Å². The maximum absolute atomic E-state index is 13.0. The molecule has 0 radical (unpaired) electrons. The Kier molecular flexibility index (Phi) is 5.54. The fourth-order valence-corrected chi connectivity index (χ4v) is 5.84. The molecule has 27 heavy (non-hydrogen) atoms. The van der Waals surface area contributed by atoms with Gasteiger partial charge in [0, 0.05) is 47.9 Å². The monoisotopic (exact) mass is 446 g/mol. The predicted octanol–water partition coefficient (Wildman–Crippen LogP) is 4.32. The van der Waals surface area contributed by atoms with Gasteiger partial charge in [0.1, 0.15) is 11.0 Å². The molecule has 4 rings (SSSR count). The van der Waals surface area contributed by atoms with Crippen molar-refractivity contribution < 1.29 is 14.3 Å². The quantitative estimate of drug-likeness (QED) is 0.689. The van der Waals surface area contributed by atoms with Gasteiger partial charge < -0.3 is 14.5 Å². The van der Waals surface area contributed by atoms with Gasteiger partial charge in [-0.3, -0.25) is 9.59 Å². The summed E-state index contributed by atoms with van der Waals surface area (Å²) in [5.41, 5.74) is 0. The Labute approximate surface area is 175 Å². The third-order valence-electron chi connectivity index (χ3n) is 4.93. The molecule has 144 valence electrons. The van der Waals surface area contributed by atoms with Crippen molar-refractivity contribution in [1.29, 1.82) is 0 Å². The summed E-state index contributed by atoms with van der Waals surface area (Å²) in [7, 11) is 0. The van der Waals surface area contributed by atoms with Crippen LogP contribution in [0.25, 0.3) is 10.1 Å². The summed E-state index contributed by atoms with van der Waals surface area (Å²) in [5.74, 6) is -0.112. The minimum absolute atomic E-state index is 0.0286. The van der Waals surface area contributed by atoms with E-state index in [2.05, 4.69) is 0 Å². The lowest BCUT2D eigenvalue weighted by Gasteiger charge is -2.35. The first-order valence-electron chi connectivity index (χ1n) is 8.72. The molecule has 9 heteroatoms. The molecule has 0 bridgehead atoms. The number of carbonyl (C=O) groups is 2. The number of piperazine rings is 1. The number of amides is 2. The van der Waals surface area contributed by atoms with Crippen molar-refractivity contribution in [3.05, 3.63) is 32.1 Å². The molecular formula is C18H17Cl3N2O3S. The molecular weight excluding hydrogens is 431 g/mol. The fraction of sp³-hybridized carbons (Fsp3) is 0.444. The molecule has 0 spiro atoms. The average Bonchev–Trinajstić information content (AvgIpc) is 3.29. The number of benzene rings is 1. The summed E-state index contributed by atoms with van der Waals surface area (Å²) in [6.45, 7) is 2.58. The zero-order chi connectivity index (χ0) is 19.1. The first kappa shape index (κ1) is 19.3. The van der Waals surface area contributed by atoms with Crippen LogP contribution in [0, 0.1) is 0 Å². The minimum Gasteiger partial charge on any atom is -0.368 e. The van der Waals surface area contributed by atoms with Crippen molar-refractivity contribution in [3.63, 3.8) is 0 Å². The Morgan fingerprint density at radius 2 is 1.78 bits per heavy atom. The highest BCUT2D eigenvalue weighted by Gasteiger charge is 2.32. The summed E-state index contributed by atoms with van der Waals surface area (Å²) >= 11 is 20.0. The molecule has 0 N–H and O–H groups in total. The van der Waals surface area contributed by atoms with Crippen LogP contribution in [0.4, 0.5) is 0 Å². The molecule has 2 aliphatic heterocycles. The lowest BCUT2D eigenvalue weighted by molar-refractivity contribution is -0.142. The summed E-state index contributed by atoms with van der Waals surface area (Å²) in [5, 5.41) is 1.96. The number of nitrogens with zero attached hydrogens (tertiary/aromatic N) is 2. The SMILES string of the molecule is O=C(c1sc2cc(Cl)cc(Cl)c2c1Cl)N1CCN(C(=O)C2CCCO2)CC1. The van der Waals surface area contributed by atoms with Gasteiger partial charge in [0.2, 0.25) is 0 Å². The van der Waals surface area contributed by atoms with Crippen LogP contribution < -0.4 is 0 Å².